The first-order chi connectivity index (χ1) is 8.20. The summed E-state index contributed by atoms with van der Waals surface area (Å²) in [5, 5.41) is 20.1. The molecule has 0 spiro atoms. The van der Waals surface area contributed by atoms with Gasteiger partial charge in [-0.1, -0.05) is 0 Å². The second-order valence-corrected chi connectivity index (χ2v) is 4.71. The third-order valence-electron chi connectivity index (χ3n) is 1.94. The highest BCUT2D eigenvalue weighted by Gasteiger charge is 2.24. The van der Waals surface area contributed by atoms with Crippen LogP contribution in [0.15, 0.2) is 18.5 Å². The summed E-state index contributed by atoms with van der Waals surface area (Å²) in [4.78, 5) is 27.5. The summed E-state index contributed by atoms with van der Waals surface area (Å²) in [6, 6.07) is 1.08. The molecule has 0 saturated heterocycles. The van der Waals surface area contributed by atoms with Crippen molar-refractivity contribution in [2.45, 2.75) is 20.8 Å². The minimum Gasteiger partial charge on any atom is -0.619 e. The third kappa shape index (κ3) is 3.62. The number of nitrogens with zero attached hydrogens (tertiary/aromatic N) is 1. The molecule has 0 unspecified atom stereocenters. The van der Waals surface area contributed by atoms with E-state index in [-0.39, 0.29) is 16.0 Å². The van der Waals surface area contributed by atoms with E-state index in [1.807, 2.05) is 5.48 Å². The Bertz CT molecular complexity index is 459. The van der Waals surface area contributed by atoms with Crippen molar-refractivity contribution in [1.82, 2.24) is 5.48 Å². The number of aromatic hydroxyl groups is 1. The van der Waals surface area contributed by atoms with Gasteiger partial charge in [-0.2, -0.15) is 10.2 Å². The second-order valence-electron chi connectivity index (χ2n) is 4.71. The molecule has 18 heavy (non-hydrogen) atoms. The maximum atomic E-state index is 11.5. The fourth-order valence-electron chi connectivity index (χ4n) is 0.967. The lowest BCUT2D eigenvalue weighted by molar-refractivity contribution is -0.606. The highest BCUT2D eigenvalue weighted by atomic mass is 16.7. The summed E-state index contributed by atoms with van der Waals surface area (Å²) in [5.74, 6) is -1.78. The quantitative estimate of drug-likeness (QED) is 0.425. The van der Waals surface area contributed by atoms with E-state index in [2.05, 4.69) is 4.84 Å². The Balaban J connectivity index is 2.69. The first-order valence-corrected chi connectivity index (χ1v) is 5.14. The first-order valence-electron chi connectivity index (χ1n) is 5.14. The minimum absolute atomic E-state index is 0.119. The van der Waals surface area contributed by atoms with Crippen molar-refractivity contribution in [2.24, 2.45) is 5.41 Å². The highest BCUT2D eigenvalue weighted by molar-refractivity contribution is 5.94. The van der Waals surface area contributed by atoms with Crippen LogP contribution in [0.2, 0.25) is 0 Å². The summed E-state index contributed by atoms with van der Waals surface area (Å²) >= 11 is 0. The predicted molar refractivity (Wildman–Crippen MR) is 60.1 cm³/mol. The van der Waals surface area contributed by atoms with Gasteiger partial charge in [0.05, 0.1) is 5.41 Å². The monoisotopic (exact) mass is 254 g/mol. The number of carbonyl (C=O) groups is 2. The van der Waals surface area contributed by atoms with Gasteiger partial charge in [-0.05, 0) is 20.8 Å². The van der Waals surface area contributed by atoms with Gasteiger partial charge in [0.2, 0.25) is 6.20 Å². The SMILES string of the molecule is CC(C)(C)C(=O)ONC(=O)c1cc(O)c[n+]([O-])c1. The van der Waals surface area contributed by atoms with Gasteiger partial charge in [0, 0.05) is 6.07 Å². The van der Waals surface area contributed by atoms with E-state index in [1.54, 1.807) is 20.8 Å². The molecule has 1 aromatic rings. The van der Waals surface area contributed by atoms with E-state index in [1.165, 1.54) is 0 Å². The van der Waals surface area contributed by atoms with Gasteiger partial charge in [-0.15, -0.1) is 0 Å². The Hall–Kier alpha value is -2.31. The maximum absolute atomic E-state index is 11.5. The van der Waals surface area contributed by atoms with Crippen LogP contribution in [0.1, 0.15) is 31.1 Å². The summed E-state index contributed by atoms with van der Waals surface area (Å²) in [6.07, 6.45) is 1.83. The molecule has 0 fully saturated rings. The van der Waals surface area contributed by atoms with E-state index in [9.17, 15) is 14.8 Å². The van der Waals surface area contributed by atoms with Crippen LogP contribution >= 0.6 is 0 Å². The lowest BCUT2D eigenvalue weighted by Crippen LogP contribution is -2.34. The molecule has 7 heteroatoms. The Morgan fingerprint density at radius 1 is 1.39 bits per heavy atom. The first kappa shape index (κ1) is 13.8. The van der Waals surface area contributed by atoms with Crippen LogP contribution < -0.4 is 10.2 Å². The summed E-state index contributed by atoms with van der Waals surface area (Å²) in [5.41, 5.74) is 1.03. The second kappa shape index (κ2) is 4.91. The molecule has 0 aliphatic heterocycles. The molecule has 0 radical (unpaired) electrons. The average Bonchev–Trinajstić information content (AvgIpc) is 2.22. The van der Waals surface area contributed by atoms with Gasteiger partial charge >= 0.3 is 5.97 Å². The predicted octanol–water partition coefficient (Wildman–Crippen LogP) is 0.260. The molecule has 0 aromatic carbocycles. The molecular formula is C11H14N2O5. The van der Waals surface area contributed by atoms with Crippen LogP contribution in [0.3, 0.4) is 0 Å². The van der Waals surface area contributed by atoms with E-state index in [0.717, 1.165) is 18.5 Å². The summed E-state index contributed by atoms with van der Waals surface area (Å²) in [6.45, 7) is 4.88. The number of carbonyl (C=O) groups excluding carboxylic acids is 2. The number of amides is 1. The van der Waals surface area contributed by atoms with Gasteiger partial charge in [0.1, 0.15) is 5.56 Å². The smallest absolute Gasteiger partial charge is 0.337 e. The molecule has 1 aromatic heterocycles. The lowest BCUT2D eigenvalue weighted by Gasteiger charge is -2.15. The normalized spacial score (nSPS) is 10.8. The van der Waals surface area contributed by atoms with Crippen LogP contribution in [0.5, 0.6) is 5.75 Å². The molecule has 0 atom stereocenters. The maximum Gasteiger partial charge on any atom is 0.337 e. The molecule has 0 bridgehead atoms. The average molecular weight is 254 g/mol. The zero-order chi connectivity index (χ0) is 13.9. The third-order valence-corrected chi connectivity index (χ3v) is 1.94. The van der Waals surface area contributed by atoms with Gasteiger partial charge in [0.25, 0.3) is 5.91 Å². The van der Waals surface area contributed by atoms with Gasteiger partial charge < -0.3 is 15.2 Å². The largest absolute Gasteiger partial charge is 0.619 e. The molecule has 2 N–H and O–H groups in total. The van der Waals surface area contributed by atoms with Crippen LogP contribution in [-0.2, 0) is 9.63 Å². The topological polar surface area (TPSA) is 103 Å². The molecule has 98 valence electrons. The fourth-order valence-corrected chi connectivity index (χ4v) is 0.967. The fraction of sp³-hybridized carbons (Fsp3) is 0.364. The molecule has 1 amide bonds. The van der Waals surface area contributed by atoms with Crippen LogP contribution in [-0.4, -0.2) is 17.0 Å². The Labute approximate surface area is 104 Å². The molecule has 0 saturated carbocycles. The van der Waals surface area contributed by atoms with Gasteiger partial charge in [-0.3, -0.25) is 4.79 Å². The zero-order valence-corrected chi connectivity index (χ0v) is 10.3. The molecule has 1 heterocycles. The number of hydrogen-bond acceptors (Lipinski definition) is 5. The number of hydrogen-bond donors (Lipinski definition) is 2. The van der Waals surface area contributed by atoms with Crippen LogP contribution in [0.25, 0.3) is 0 Å². The molecule has 7 nitrogen and oxygen atoms in total. The van der Waals surface area contributed by atoms with Crippen LogP contribution in [0.4, 0.5) is 0 Å². The van der Waals surface area contributed by atoms with Crippen molar-refractivity contribution in [1.29, 1.82) is 0 Å². The van der Waals surface area contributed by atoms with Crippen molar-refractivity contribution in [3.63, 3.8) is 0 Å². The molecule has 0 aliphatic carbocycles. The van der Waals surface area contributed by atoms with Crippen molar-refractivity contribution in [3.05, 3.63) is 29.2 Å². The Morgan fingerprint density at radius 3 is 2.50 bits per heavy atom. The summed E-state index contributed by atoms with van der Waals surface area (Å²) in [7, 11) is 0. The van der Waals surface area contributed by atoms with Crippen molar-refractivity contribution >= 4 is 11.9 Å². The molecule has 0 aliphatic rings. The zero-order valence-electron chi connectivity index (χ0n) is 10.3. The van der Waals surface area contributed by atoms with Crippen LogP contribution in [0, 0.1) is 10.6 Å². The number of rotatable bonds is 1. The van der Waals surface area contributed by atoms with Gasteiger partial charge in [-0.25, -0.2) is 4.79 Å². The highest BCUT2D eigenvalue weighted by Crippen LogP contribution is 2.14. The van der Waals surface area contributed by atoms with Gasteiger partial charge in [0.15, 0.2) is 11.9 Å². The molecular weight excluding hydrogens is 240 g/mol. The van der Waals surface area contributed by atoms with E-state index in [0.29, 0.717) is 0 Å². The lowest BCUT2D eigenvalue weighted by atomic mass is 9.98. The van der Waals surface area contributed by atoms with E-state index in [4.69, 9.17) is 5.11 Å². The Kier molecular flexibility index (Phi) is 3.75. The summed E-state index contributed by atoms with van der Waals surface area (Å²) < 4.78 is 0.274. The number of aromatic nitrogens is 1. The number of pyridine rings is 1. The molecule has 1 rings (SSSR count). The number of hydroxylamine groups is 1. The van der Waals surface area contributed by atoms with E-state index >= 15 is 0 Å². The van der Waals surface area contributed by atoms with Crippen molar-refractivity contribution in [2.75, 3.05) is 0 Å². The van der Waals surface area contributed by atoms with Crippen molar-refractivity contribution in [3.8, 4) is 5.75 Å². The Morgan fingerprint density at radius 2 is 2.00 bits per heavy atom. The van der Waals surface area contributed by atoms with Crippen molar-refractivity contribution < 1.29 is 24.3 Å². The minimum atomic E-state index is -0.798. The van der Waals surface area contributed by atoms with E-state index < -0.39 is 17.3 Å². The number of nitrogens with one attached hydrogen (secondary N) is 1. The standard InChI is InChI=1S/C11H14N2O5/c1-11(2,3)10(16)18-12-9(15)7-4-8(14)6-13(17)5-7/h4-6,14H,1-3H3,(H,12,15).